The summed E-state index contributed by atoms with van der Waals surface area (Å²) >= 11 is 0. The minimum absolute atomic E-state index is 0.278. The molecular weight excluding hydrogens is 254 g/mol. The predicted molar refractivity (Wildman–Crippen MR) is 78.2 cm³/mol. The summed E-state index contributed by atoms with van der Waals surface area (Å²) in [7, 11) is 1.32. The van der Waals surface area contributed by atoms with E-state index in [0.717, 1.165) is 16.9 Å². The van der Waals surface area contributed by atoms with Crippen LogP contribution in [-0.2, 0) is 4.74 Å². The van der Waals surface area contributed by atoms with Crippen LogP contribution in [0.3, 0.4) is 0 Å². The lowest BCUT2D eigenvalue weighted by Crippen LogP contribution is -2.06. The Balaban J connectivity index is 2.39. The number of aryl methyl sites for hydroxylation is 1. The van der Waals surface area contributed by atoms with E-state index in [9.17, 15) is 4.79 Å². The number of anilines is 1. The fourth-order valence-electron chi connectivity index (χ4n) is 1.87. The maximum Gasteiger partial charge on any atom is 0.340 e. The predicted octanol–water partition coefficient (Wildman–Crippen LogP) is 3.46. The average Bonchev–Trinajstić information content (AvgIpc) is 2.45. The molecule has 2 N–H and O–H groups in total. The summed E-state index contributed by atoms with van der Waals surface area (Å²) < 4.78 is 10.5. The van der Waals surface area contributed by atoms with Gasteiger partial charge in [-0.3, -0.25) is 0 Å². The van der Waals surface area contributed by atoms with Crippen LogP contribution < -0.4 is 10.5 Å². The van der Waals surface area contributed by atoms with Gasteiger partial charge in [-0.25, -0.2) is 4.79 Å². The van der Waals surface area contributed by atoms with Gasteiger partial charge < -0.3 is 15.2 Å². The zero-order chi connectivity index (χ0) is 14.7. The van der Waals surface area contributed by atoms with Gasteiger partial charge in [-0.2, -0.15) is 0 Å². The Morgan fingerprint density at radius 1 is 1.05 bits per heavy atom. The maximum absolute atomic E-state index is 11.6. The quantitative estimate of drug-likeness (QED) is 0.686. The SMILES string of the molecule is COC(=O)c1cccc(Oc2cccc(C)c2C)c1N. The van der Waals surface area contributed by atoms with Crippen molar-refractivity contribution in [3.63, 3.8) is 0 Å². The lowest BCUT2D eigenvalue weighted by Gasteiger charge is -2.13. The number of esters is 1. The Hall–Kier alpha value is -2.49. The normalized spacial score (nSPS) is 10.2. The Labute approximate surface area is 118 Å². The third kappa shape index (κ3) is 2.59. The lowest BCUT2D eigenvalue weighted by molar-refractivity contribution is 0.0601. The van der Waals surface area contributed by atoms with Gasteiger partial charge in [-0.15, -0.1) is 0 Å². The monoisotopic (exact) mass is 271 g/mol. The van der Waals surface area contributed by atoms with Crippen molar-refractivity contribution in [3.8, 4) is 11.5 Å². The summed E-state index contributed by atoms with van der Waals surface area (Å²) in [6.07, 6.45) is 0. The fourth-order valence-corrected chi connectivity index (χ4v) is 1.87. The molecule has 104 valence electrons. The minimum atomic E-state index is -0.478. The maximum atomic E-state index is 11.6. The molecule has 0 aliphatic rings. The van der Waals surface area contributed by atoms with Crippen molar-refractivity contribution in [3.05, 3.63) is 53.1 Å². The molecule has 2 aromatic rings. The first-order valence-electron chi connectivity index (χ1n) is 6.25. The smallest absolute Gasteiger partial charge is 0.340 e. The van der Waals surface area contributed by atoms with Gasteiger partial charge in [-0.1, -0.05) is 18.2 Å². The van der Waals surface area contributed by atoms with Crippen molar-refractivity contribution < 1.29 is 14.3 Å². The number of hydrogen-bond acceptors (Lipinski definition) is 4. The Bertz CT molecular complexity index is 650. The molecule has 2 aromatic carbocycles. The topological polar surface area (TPSA) is 61.5 Å². The van der Waals surface area contributed by atoms with E-state index in [-0.39, 0.29) is 5.69 Å². The first-order valence-corrected chi connectivity index (χ1v) is 6.25. The third-order valence-electron chi connectivity index (χ3n) is 3.25. The van der Waals surface area contributed by atoms with Crippen molar-refractivity contribution >= 4 is 11.7 Å². The largest absolute Gasteiger partial charge is 0.465 e. The first kappa shape index (κ1) is 13.9. The molecule has 0 saturated heterocycles. The van der Waals surface area contributed by atoms with Crippen molar-refractivity contribution in [1.82, 2.24) is 0 Å². The molecule has 20 heavy (non-hydrogen) atoms. The van der Waals surface area contributed by atoms with Crippen LogP contribution in [0.25, 0.3) is 0 Å². The average molecular weight is 271 g/mol. The highest BCUT2D eigenvalue weighted by atomic mass is 16.5. The van der Waals surface area contributed by atoms with E-state index >= 15 is 0 Å². The molecule has 0 saturated carbocycles. The second-order valence-electron chi connectivity index (χ2n) is 4.51. The minimum Gasteiger partial charge on any atom is -0.465 e. The summed E-state index contributed by atoms with van der Waals surface area (Å²) in [5.41, 5.74) is 8.72. The number of benzene rings is 2. The van der Waals surface area contributed by atoms with Gasteiger partial charge in [0.25, 0.3) is 0 Å². The molecule has 0 heterocycles. The van der Waals surface area contributed by atoms with Crippen LogP contribution in [0.4, 0.5) is 5.69 Å². The number of carbonyl (C=O) groups is 1. The number of carbonyl (C=O) groups excluding carboxylic acids is 1. The van der Waals surface area contributed by atoms with Crippen LogP contribution in [0.1, 0.15) is 21.5 Å². The number of methoxy groups -OCH3 is 1. The molecule has 2 rings (SSSR count). The molecule has 0 aromatic heterocycles. The Morgan fingerprint density at radius 3 is 2.40 bits per heavy atom. The molecule has 0 amide bonds. The number of nitrogens with two attached hydrogens (primary N) is 1. The lowest BCUT2D eigenvalue weighted by atomic mass is 10.1. The van der Waals surface area contributed by atoms with E-state index in [4.69, 9.17) is 15.2 Å². The fraction of sp³-hybridized carbons (Fsp3) is 0.188. The van der Waals surface area contributed by atoms with Gasteiger partial charge in [0, 0.05) is 0 Å². The molecule has 0 bridgehead atoms. The highest BCUT2D eigenvalue weighted by Gasteiger charge is 2.14. The molecule has 0 radical (unpaired) electrons. The Morgan fingerprint density at radius 2 is 1.70 bits per heavy atom. The molecule has 0 aliphatic heterocycles. The van der Waals surface area contributed by atoms with Gasteiger partial charge in [0.05, 0.1) is 18.4 Å². The zero-order valence-corrected chi connectivity index (χ0v) is 11.8. The number of nitrogen functional groups attached to an aromatic ring is 1. The second-order valence-corrected chi connectivity index (χ2v) is 4.51. The van der Waals surface area contributed by atoms with Crippen LogP contribution in [0.5, 0.6) is 11.5 Å². The van der Waals surface area contributed by atoms with Gasteiger partial charge in [0.2, 0.25) is 0 Å². The molecule has 4 nitrogen and oxygen atoms in total. The number of ether oxygens (including phenoxy) is 2. The third-order valence-corrected chi connectivity index (χ3v) is 3.25. The van der Waals surface area contributed by atoms with Gasteiger partial charge in [0.1, 0.15) is 5.75 Å². The van der Waals surface area contributed by atoms with Crippen LogP contribution in [-0.4, -0.2) is 13.1 Å². The highest BCUT2D eigenvalue weighted by molar-refractivity contribution is 5.96. The summed E-state index contributed by atoms with van der Waals surface area (Å²) in [4.78, 5) is 11.6. The Kier molecular flexibility index (Phi) is 3.94. The van der Waals surface area contributed by atoms with Crippen molar-refractivity contribution in [2.75, 3.05) is 12.8 Å². The van der Waals surface area contributed by atoms with Crippen LogP contribution in [0, 0.1) is 13.8 Å². The molecule has 0 unspecified atom stereocenters. The van der Waals surface area contributed by atoms with Gasteiger partial charge in [-0.05, 0) is 43.2 Å². The first-order chi connectivity index (χ1) is 9.54. The van der Waals surface area contributed by atoms with E-state index in [1.807, 2.05) is 32.0 Å². The van der Waals surface area contributed by atoms with E-state index in [1.165, 1.54) is 7.11 Å². The molecule has 0 aliphatic carbocycles. The van der Waals surface area contributed by atoms with Crippen molar-refractivity contribution in [2.24, 2.45) is 0 Å². The summed E-state index contributed by atoms with van der Waals surface area (Å²) in [6.45, 7) is 3.99. The molecule has 0 spiro atoms. The molecule has 0 fully saturated rings. The van der Waals surface area contributed by atoms with Crippen LogP contribution >= 0.6 is 0 Å². The molecule has 4 heteroatoms. The van der Waals surface area contributed by atoms with Gasteiger partial charge in [0.15, 0.2) is 5.75 Å². The highest BCUT2D eigenvalue weighted by Crippen LogP contribution is 2.32. The van der Waals surface area contributed by atoms with Crippen LogP contribution in [0.2, 0.25) is 0 Å². The summed E-state index contributed by atoms with van der Waals surface area (Å²) in [5.74, 6) is 0.689. The number of hydrogen-bond donors (Lipinski definition) is 1. The van der Waals surface area contributed by atoms with E-state index in [1.54, 1.807) is 18.2 Å². The number of rotatable bonds is 3. The number of para-hydroxylation sites is 1. The van der Waals surface area contributed by atoms with Crippen LogP contribution in [0.15, 0.2) is 36.4 Å². The van der Waals surface area contributed by atoms with E-state index in [0.29, 0.717) is 11.3 Å². The molecular formula is C16H17NO3. The van der Waals surface area contributed by atoms with Gasteiger partial charge >= 0.3 is 5.97 Å². The molecule has 0 atom stereocenters. The summed E-state index contributed by atoms with van der Waals surface area (Å²) in [5, 5.41) is 0. The zero-order valence-electron chi connectivity index (χ0n) is 11.8. The second kappa shape index (κ2) is 5.65. The van der Waals surface area contributed by atoms with Crippen molar-refractivity contribution in [1.29, 1.82) is 0 Å². The summed E-state index contributed by atoms with van der Waals surface area (Å²) in [6, 6.07) is 10.8. The van der Waals surface area contributed by atoms with Crippen molar-refractivity contribution in [2.45, 2.75) is 13.8 Å². The standard InChI is InChI=1S/C16H17NO3/c1-10-6-4-8-13(11(10)2)20-14-9-5-7-12(15(14)17)16(18)19-3/h4-9H,17H2,1-3H3. The van der Waals surface area contributed by atoms with E-state index < -0.39 is 5.97 Å². The van der Waals surface area contributed by atoms with E-state index in [2.05, 4.69) is 0 Å².